The van der Waals surface area contributed by atoms with E-state index in [1.54, 1.807) is 27.9 Å². The number of likely N-dealkylation sites (N-methyl/N-ethyl adjacent to an activating group) is 2. The first-order chi connectivity index (χ1) is 25.0. The number of hydrogen-bond donors (Lipinski definition) is 2. The number of nitrogens with zero attached hydrogens (tertiary/aromatic N) is 3. The van der Waals surface area contributed by atoms with Gasteiger partial charge in [-0.3, -0.25) is 19.4 Å². The molecule has 0 aromatic heterocycles. The molecule has 0 amide bonds. The smallest absolute Gasteiger partial charge is 0.319 e. The van der Waals surface area contributed by atoms with Crippen LogP contribution in [0, 0.1) is 17.3 Å². The molecule has 0 radical (unpaired) electrons. The lowest BCUT2D eigenvalue weighted by atomic mass is 9.74. The molecule has 11 heteroatoms. The number of esters is 1. The van der Waals surface area contributed by atoms with E-state index >= 15 is 0 Å². The Labute approximate surface area is 318 Å². The number of fused-ring (bicyclic) bond motifs is 1. The lowest BCUT2D eigenvalue weighted by Gasteiger charge is -2.47. The molecule has 11 nitrogen and oxygen atoms in total. The minimum atomic E-state index is -1.51. The number of ether oxygens (including phenoxy) is 4. The molecule has 2 aliphatic carbocycles. The monoisotopic (exact) mass is 744 g/mol. The predicted molar refractivity (Wildman–Crippen MR) is 204 cm³/mol. The highest BCUT2D eigenvalue weighted by Gasteiger charge is 2.52. The van der Waals surface area contributed by atoms with Gasteiger partial charge in [0, 0.05) is 44.2 Å². The summed E-state index contributed by atoms with van der Waals surface area (Å²) in [4.78, 5) is 35.1. The third-order valence-corrected chi connectivity index (χ3v) is 12.8. The van der Waals surface area contributed by atoms with Crippen LogP contribution in [0.25, 0.3) is 0 Å². The van der Waals surface area contributed by atoms with E-state index in [9.17, 15) is 19.8 Å². The average Bonchev–Trinajstić information content (AvgIpc) is 3.87. The van der Waals surface area contributed by atoms with Gasteiger partial charge in [0.15, 0.2) is 12.1 Å². The molecule has 0 unspecified atom stereocenters. The average molecular weight is 744 g/mol. The van der Waals surface area contributed by atoms with E-state index in [2.05, 4.69) is 47.9 Å². The fourth-order valence-corrected chi connectivity index (χ4v) is 9.48. The molecule has 1 aromatic rings. The van der Waals surface area contributed by atoms with Crippen LogP contribution in [0.3, 0.4) is 0 Å². The Bertz CT molecular complexity index is 1360. The summed E-state index contributed by atoms with van der Waals surface area (Å²) in [6.07, 6.45) is 2.43. The number of carbonyl (C=O) groups excluding carboxylic acids is 2. The zero-order valence-electron chi connectivity index (χ0n) is 34.1. The maximum atomic E-state index is 14.4. The van der Waals surface area contributed by atoms with Crippen LogP contribution in [0.4, 0.5) is 0 Å². The molecule has 5 rings (SSSR count). The Kier molecular flexibility index (Phi) is 13.9. The van der Waals surface area contributed by atoms with Gasteiger partial charge in [-0.15, -0.1) is 0 Å². The SMILES string of the molecule is CCN1C[C@H](C)C[C@@](C)(OC)[C@H](O[C@@H]2O[C@H](C)C[C@H](N(C)C)[C@H]2O)[C@@H](C)C(=O)C(C)(C)C(=O)OC[C@H]1[C@H](O)CCN(C1CC1)C1Cc2ccccc2C1. The second-order valence-electron chi connectivity index (χ2n) is 17.6. The highest BCUT2D eigenvalue weighted by Crippen LogP contribution is 2.39. The van der Waals surface area contributed by atoms with Gasteiger partial charge in [0.05, 0.1) is 30.0 Å². The highest BCUT2D eigenvalue weighted by molar-refractivity contribution is 6.04. The van der Waals surface area contributed by atoms with Crippen molar-refractivity contribution in [3.05, 3.63) is 35.4 Å². The molecule has 4 aliphatic rings. The van der Waals surface area contributed by atoms with E-state index in [-0.39, 0.29) is 30.5 Å². The number of Topliss-reactive ketones (excluding diaryl/α,β-unsaturated/α-hetero) is 1. The van der Waals surface area contributed by atoms with Crippen LogP contribution >= 0.6 is 0 Å². The van der Waals surface area contributed by atoms with Crippen molar-refractivity contribution in [3.8, 4) is 0 Å². The lowest BCUT2D eigenvalue weighted by Crippen LogP contribution is -2.59. The molecule has 0 spiro atoms. The molecule has 300 valence electrons. The lowest BCUT2D eigenvalue weighted by molar-refractivity contribution is -0.295. The van der Waals surface area contributed by atoms with Crippen LogP contribution in [0.5, 0.6) is 0 Å². The molecule has 2 saturated heterocycles. The molecule has 2 N–H and O–H groups in total. The van der Waals surface area contributed by atoms with Crippen LogP contribution < -0.4 is 0 Å². The predicted octanol–water partition coefficient (Wildman–Crippen LogP) is 4.09. The topological polar surface area (TPSA) is 121 Å². The summed E-state index contributed by atoms with van der Waals surface area (Å²) in [5, 5.41) is 23.4. The standard InChI is InChI=1S/C42H69N3O8/c1-11-44-24-26(2)23-42(7,50-10)38(53-39-36(47)33(43(8)9)20-27(3)52-39)28(4)37(48)41(5,6)40(49)51-25-34(44)35(46)18-19-45(31-16-17-31)32-21-29-14-12-13-15-30(29)22-32/h12-15,26-28,31-36,38-39,46-47H,11,16-25H2,1-10H3/t26-,27-,28+,33+,34+,35-,36-,38-,39+,42-/m1/s1. The van der Waals surface area contributed by atoms with Crippen molar-refractivity contribution in [1.29, 1.82) is 0 Å². The fraction of sp³-hybridized carbons (Fsp3) is 0.810. The number of hydrogen-bond acceptors (Lipinski definition) is 11. The minimum Gasteiger partial charge on any atom is -0.463 e. The molecular formula is C42H69N3O8. The number of rotatable bonds is 11. The normalized spacial score (nSPS) is 35.7. The molecule has 10 atom stereocenters. The Balaban J connectivity index is 1.38. The van der Waals surface area contributed by atoms with Gasteiger partial charge in [-0.2, -0.15) is 0 Å². The van der Waals surface area contributed by atoms with Crippen molar-refractivity contribution in [3.63, 3.8) is 0 Å². The van der Waals surface area contributed by atoms with Gasteiger partial charge in [-0.1, -0.05) is 45.0 Å². The number of aliphatic hydroxyl groups is 2. The summed E-state index contributed by atoms with van der Waals surface area (Å²) >= 11 is 0. The molecule has 2 heterocycles. The minimum absolute atomic E-state index is 0.0165. The van der Waals surface area contributed by atoms with Gasteiger partial charge < -0.3 is 34.1 Å². The van der Waals surface area contributed by atoms with Gasteiger partial charge in [0.1, 0.15) is 18.1 Å². The summed E-state index contributed by atoms with van der Waals surface area (Å²) < 4.78 is 25.2. The van der Waals surface area contributed by atoms with Crippen LogP contribution in [0.1, 0.15) is 91.7 Å². The molecule has 2 aliphatic heterocycles. The first-order valence-corrected chi connectivity index (χ1v) is 20.2. The van der Waals surface area contributed by atoms with Crippen LogP contribution in [-0.4, -0.2) is 145 Å². The van der Waals surface area contributed by atoms with E-state index < -0.39 is 53.5 Å². The number of cyclic esters (lactones) is 1. The van der Waals surface area contributed by atoms with Crippen molar-refractivity contribution >= 4 is 11.8 Å². The van der Waals surface area contributed by atoms with E-state index in [0.29, 0.717) is 44.4 Å². The molecule has 0 bridgehead atoms. The molecule has 53 heavy (non-hydrogen) atoms. The Morgan fingerprint density at radius 1 is 1.04 bits per heavy atom. The quantitative estimate of drug-likeness (QED) is 0.252. The van der Waals surface area contributed by atoms with E-state index in [1.807, 2.05) is 32.8 Å². The second-order valence-corrected chi connectivity index (χ2v) is 17.6. The second kappa shape index (κ2) is 17.5. The Hall–Kier alpha value is -1.96. The first kappa shape index (κ1) is 42.2. The van der Waals surface area contributed by atoms with E-state index in [4.69, 9.17) is 18.9 Å². The van der Waals surface area contributed by atoms with Crippen molar-refractivity contribution in [2.24, 2.45) is 17.3 Å². The van der Waals surface area contributed by atoms with Crippen molar-refractivity contribution in [1.82, 2.24) is 14.7 Å². The maximum absolute atomic E-state index is 14.4. The van der Waals surface area contributed by atoms with Gasteiger partial charge >= 0.3 is 5.97 Å². The maximum Gasteiger partial charge on any atom is 0.319 e. The summed E-state index contributed by atoms with van der Waals surface area (Å²) in [6, 6.07) is 9.04. The summed E-state index contributed by atoms with van der Waals surface area (Å²) in [7, 11) is 5.47. The summed E-state index contributed by atoms with van der Waals surface area (Å²) in [5.41, 5.74) is 0.355. The zero-order chi connectivity index (χ0) is 38.8. The van der Waals surface area contributed by atoms with Gasteiger partial charge in [-0.25, -0.2) is 0 Å². The Morgan fingerprint density at radius 2 is 1.68 bits per heavy atom. The van der Waals surface area contributed by atoms with E-state index in [1.165, 1.54) is 24.0 Å². The van der Waals surface area contributed by atoms with E-state index in [0.717, 1.165) is 19.4 Å². The third kappa shape index (κ3) is 9.54. The molecule has 1 saturated carbocycles. The molecule has 1 aromatic carbocycles. The molecular weight excluding hydrogens is 674 g/mol. The van der Waals surface area contributed by atoms with Crippen molar-refractivity contribution < 1.29 is 38.7 Å². The highest BCUT2D eigenvalue weighted by atomic mass is 16.7. The number of methoxy groups -OCH3 is 1. The van der Waals surface area contributed by atoms with Crippen LogP contribution in [0.2, 0.25) is 0 Å². The van der Waals surface area contributed by atoms with Crippen molar-refractivity contribution in [2.45, 2.75) is 154 Å². The largest absolute Gasteiger partial charge is 0.463 e. The van der Waals surface area contributed by atoms with Gasteiger partial charge in [0.2, 0.25) is 0 Å². The third-order valence-electron chi connectivity index (χ3n) is 12.8. The number of benzene rings is 1. The molecule has 3 fully saturated rings. The van der Waals surface area contributed by atoms with Crippen molar-refractivity contribution in [2.75, 3.05) is 47.4 Å². The summed E-state index contributed by atoms with van der Waals surface area (Å²) in [6.45, 7) is 15.1. The van der Waals surface area contributed by atoms with Crippen LogP contribution in [0.15, 0.2) is 24.3 Å². The summed E-state index contributed by atoms with van der Waals surface area (Å²) in [5.74, 6) is -1.74. The van der Waals surface area contributed by atoms with Gasteiger partial charge in [0.25, 0.3) is 0 Å². The van der Waals surface area contributed by atoms with Crippen LogP contribution in [-0.2, 0) is 41.4 Å². The Morgan fingerprint density at radius 3 is 2.25 bits per heavy atom. The number of carbonyl (C=O) groups is 2. The van der Waals surface area contributed by atoms with Gasteiger partial charge in [-0.05, 0) is 110 Å². The number of ketones is 1. The fourth-order valence-electron chi connectivity index (χ4n) is 9.48. The zero-order valence-corrected chi connectivity index (χ0v) is 34.1. The number of aliphatic hydroxyl groups excluding tert-OH is 2. The first-order valence-electron chi connectivity index (χ1n) is 20.2.